The fourth-order valence-electron chi connectivity index (χ4n) is 1.75. The van der Waals surface area contributed by atoms with Crippen molar-refractivity contribution < 1.29 is 19.1 Å². The van der Waals surface area contributed by atoms with E-state index >= 15 is 0 Å². The molecule has 1 saturated heterocycles. The lowest BCUT2D eigenvalue weighted by molar-refractivity contribution is -0.118. The number of carbonyl (C=O) groups excluding carboxylic acids is 2. The Labute approximate surface area is 109 Å². The van der Waals surface area contributed by atoms with Crippen molar-refractivity contribution in [2.24, 2.45) is 0 Å². The molecule has 0 bridgehead atoms. The van der Waals surface area contributed by atoms with Crippen molar-refractivity contribution in [1.29, 1.82) is 0 Å². The first-order valence-corrected chi connectivity index (χ1v) is 6.24. The van der Waals surface area contributed by atoms with Crippen LogP contribution in [-0.2, 0) is 11.2 Å². The van der Waals surface area contributed by atoms with Crippen LogP contribution in [0.5, 0.6) is 11.5 Å². The van der Waals surface area contributed by atoms with E-state index in [2.05, 4.69) is 5.32 Å². The van der Waals surface area contributed by atoms with Crippen LogP contribution in [0.1, 0.15) is 5.56 Å². The second kappa shape index (κ2) is 5.30. The van der Waals surface area contributed by atoms with Gasteiger partial charge in [-0.3, -0.25) is 14.9 Å². The van der Waals surface area contributed by atoms with Gasteiger partial charge in [-0.05, 0) is 24.1 Å². The lowest BCUT2D eigenvalue weighted by Crippen LogP contribution is -2.25. The van der Waals surface area contributed by atoms with Crippen molar-refractivity contribution in [3.63, 3.8) is 0 Å². The summed E-state index contributed by atoms with van der Waals surface area (Å²) >= 11 is 1.02. The first-order valence-electron chi connectivity index (χ1n) is 5.36. The van der Waals surface area contributed by atoms with Crippen molar-refractivity contribution >= 4 is 22.9 Å². The van der Waals surface area contributed by atoms with E-state index in [-0.39, 0.29) is 16.4 Å². The Bertz CT molecular complexity index is 489. The van der Waals surface area contributed by atoms with Gasteiger partial charge in [0.25, 0.3) is 5.24 Å². The minimum absolute atomic E-state index is 0.236. The Kier molecular flexibility index (Phi) is 3.76. The molecule has 1 aromatic rings. The van der Waals surface area contributed by atoms with E-state index in [9.17, 15) is 9.59 Å². The summed E-state index contributed by atoms with van der Waals surface area (Å²) in [6, 6.07) is 5.46. The van der Waals surface area contributed by atoms with Gasteiger partial charge in [-0.1, -0.05) is 17.8 Å². The summed E-state index contributed by atoms with van der Waals surface area (Å²) < 4.78 is 10.3. The van der Waals surface area contributed by atoms with Gasteiger partial charge in [0.2, 0.25) is 5.91 Å². The van der Waals surface area contributed by atoms with E-state index in [0.29, 0.717) is 17.9 Å². The molecule has 5 nitrogen and oxygen atoms in total. The molecule has 2 amide bonds. The molecule has 1 atom stereocenters. The van der Waals surface area contributed by atoms with Crippen molar-refractivity contribution in [2.75, 3.05) is 14.2 Å². The van der Waals surface area contributed by atoms with Crippen LogP contribution in [0.25, 0.3) is 0 Å². The van der Waals surface area contributed by atoms with Gasteiger partial charge >= 0.3 is 0 Å². The molecule has 0 spiro atoms. The number of amides is 2. The molecule has 0 radical (unpaired) electrons. The van der Waals surface area contributed by atoms with Gasteiger partial charge in [0, 0.05) is 0 Å². The molecule has 0 aromatic heterocycles. The third-order valence-corrected chi connectivity index (χ3v) is 3.62. The van der Waals surface area contributed by atoms with Crippen molar-refractivity contribution in [3.05, 3.63) is 23.8 Å². The highest BCUT2D eigenvalue weighted by molar-refractivity contribution is 8.15. The minimum Gasteiger partial charge on any atom is -0.493 e. The largest absolute Gasteiger partial charge is 0.493 e. The predicted molar refractivity (Wildman–Crippen MR) is 68.2 cm³/mol. The third-order valence-electron chi connectivity index (χ3n) is 2.64. The van der Waals surface area contributed by atoms with E-state index in [1.54, 1.807) is 20.3 Å². The summed E-state index contributed by atoms with van der Waals surface area (Å²) in [6.45, 7) is 0. The summed E-state index contributed by atoms with van der Waals surface area (Å²) in [5, 5.41) is 1.62. The van der Waals surface area contributed by atoms with Crippen LogP contribution in [0.4, 0.5) is 4.79 Å². The molecule has 1 fully saturated rings. The molecule has 1 unspecified atom stereocenters. The topological polar surface area (TPSA) is 64.6 Å². The Morgan fingerprint density at radius 3 is 2.50 bits per heavy atom. The molecule has 1 aliphatic heterocycles. The van der Waals surface area contributed by atoms with Crippen LogP contribution >= 0.6 is 11.8 Å². The number of imide groups is 1. The second-order valence-electron chi connectivity index (χ2n) is 3.78. The van der Waals surface area contributed by atoms with Gasteiger partial charge in [0.05, 0.1) is 19.5 Å². The van der Waals surface area contributed by atoms with Crippen molar-refractivity contribution in [3.8, 4) is 11.5 Å². The number of nitrogens with one attached hydrogen (secondary N) is 1. The van der Waals surface area contributed by atoms with Gasteiger partial charge < -0.3 is 9.47 Å². The van der Waals surface area contributed by atoms with E-state index in [1.165, 1.54) is 0 Å². The molecule has 1 N–H and O–H groups in total. The molecule has 1 heterocycles. The van der Waals surface area contributed by atoms with E-state index in [1.807, 2.05) is 12.1 Å². The SMILES string of the molecule is COc1ccc(CC2SC(=O)NC2=O)cc1OC. The van der Waals surface area contributed by atoms with Gasteiger partial charge in [-0.25, -0.2) is 0 Å². The molecule has 1 aromatic carbocycles. The lowest BCUT2D eigenvalue weighted by Gasteiger charge is -2.10. The molecule has 1 aliphatic rings. The molecule has 0 saturated carbocycles. The Balaban J connectivity index is 2.14. The summed E-state index contributed by atoms with van der Waals surface area (Å²) in [5.41, 5.74) is 0.926. The van der Waals surface area contributed by atoms with Crippen LogP contribution < -0.4 is 14.8 Å². The van der Waals surface area contributed by atoms with Gasteiger partial charge in [0.15, 0.2) is 11.5 Å². The number of carbonyl (C=O) groups is 2. The van der Waals surface area contributed by atoms with Gasteiger partial charge in [-0.2, -0.15) is 0 Å². The number of ether oxygens (including phenoxy) is 2. The smallest absolute Gasteiger partial charge is 0.286 e. The number of thioether (sulfide) groups is 1. The Morgan fingerprint density at radius 1 is 1.22 bits per heavy atom. The molecular weight excluding hydrogens is 254 g/mol. The fraction of sp³-hybridized carbons (Fsp3) is 0.333. The van der Waals surface area contributed by atoms with Crippen LogP contribution in [0.2, 0.25) is 0 Å². The van der Waals surface area contributed by atoms with E-state index in [0.717, 1.165) is 17.3 Å². The zero-order valence-corrected chi connectivity index (χ0v) is 10.9. The zero-order chi connectivity index (χ0) is 13.1. The predicted octanol–water partition coefficient (Wildman–Crippen LogP) is 1.60. The molecule has 96 valence electrons. The highest BCUT2D eigenvalue weighted by atomic mass is 32.2. The molecule has 2 rings (SSSR count). The number of hydrogen-bond donors (Lipinski definition) is 1. The Morgan fingerprint density at radius 2 is 1.94 bits per heavy atom. The first kappa shape index (κ1) is 12.8. The van der Waals surface area contributed by atoms with Gasteiger partial charge in [0.1, 0.15) is 0 Å². The van der Waals surface area contributed by atoms with Crippen molar-refractivity contribution in [2.45, 2.75) is 11.7 Å². The van der Waals surface area contributed by atoms with Crippen LogP contribution in [0, 0.1) is 0 Å². The van der Waals surface area contributed by atoms with Crippen LogP contribution in [0.15, 0.2) is 18.2 Å². The molecule has 0 aliphatic carbocycles. The van der Waals surface area contributed by atoms with Crippen molar-refractivity contribution in [1.82, 2.24) is 5.32 Å². The highest BCUT2D eigenvalue weighted by Gasteiger charge is 2.31. The maximum atomic E-state index is 11.5. The average Bonchev–Trinajstić information content (AvgIpc) is 2.67. The van der Waals surface area contributed by atoms with E-state index < -0.39 is 0 Å². The van der Waals surface area contributed by atoms with E-state index in [4.69, 9.17) is 9.47 Å². The first-order chi connectivity index (χ1) is 8.63. The second-order valence-corrected chi connectivity index (χ2v) is 4.95. The zero-order valence-electron chi connectivity index (χ0n) is 10.1. The quantitative estimate of drug-likeness (QED) is 0.897. The monoisotopic (exact) mass is 267 g/mol. The standard InChI is InChI=1S/C12H13NO4S/c1-16-8-4-3-7(5-9(8)17-2)6-10-11(14)13-12(15)18-10/h3-5,10H,6H2,1-2H3,(H,13,14,15). The normalized spacial score (nSPS) is 18.7. The third kappa shape index (κ3) is 2.59. The number of hydrogen-bond acceptors (Lipinski definition) is 5. The maximum Gasteiger partial charge on any atom is 0.286 e. The molecular formula is C12H13NO4S. The number of rotatable bonds is 4. The molecule has 6 heteroatoms. The number of benzene rings is 1. The van der Waals surface area contributed by atoms with Gasteiger partial charge in [-0.15, -0.1) is 0 Å². The summed E-state index contributed by atoms with van der Waals surface area (Å²) in [4.78, 5) is 22.5. The average molecular weight is 267 g/mol. The lowest BCUT2D eigenvalue weighted by atomic mass is 10.1. The maximum absolute atomic E-state index is 11.5. The van der Waals surface area contributed by atoms with Crippen LogP contribution in [0.3, 0.4) is 0 Å². The summed E-state index contributed by atoms with van der Waals surface area (Å²) in [7, 11) is 3.12. The molecule has 18 heavy (non-hydrogen) atoms. The highest BCUT2D eigenvalue weighted by Crippen LogP contribution is 2.30. The fourth-order valence-corrected chi connectivity index (χ4v) is 2.61. The van der Waals surface area contributed by atoms with Crippen LogP contribution in [-0.4, -0.2) is 30.6 Å². The minimum atomic E-state index is -0.365. The summed E-state index contributed by atoms with van der Waals surface area (Å²) in [6.07, 6.45) is 0.489. The summed E-state index contributed by atoms with van der Waals surface area (Å²) in [5.74, 6) is 1.02. The Hall–Kier alpha value is -1.69. The number of methoxy groups -OCH3 is 2.